The molecule has 0 bridgehead atoms. The quantitative estimate of drug-likeness (QED) is 0.391. The molecule has 19 heavy (non-hydrogen) atoms. The van der Waals surface area contributed by atoms with Gasteiger partial charge in [-0.15, -0.1) is 0 Å². The van der Waals surface area contributed by atoms with E-state index in [4.69, 9.17) is 4.74 Å². The van der Waals surface area contributed by atoms with E-state index in [-0.39, 0.29) is 9.52 Å². The van der Waals surface area contributed by atoms with E-state index in [1.807, 2.05) is 0 Å². The first kappa shape index (κ1) is 16.4. The SMILES string of the molecule is CCCCOCN(Cc1ccccc1)C(C)(C)[SiH2]C. The first-order valence-corrected chi connectivity index (χ1v) is 9.59. The lowest BCUT2D eigenvalue weighted by Crippen LogP contribution is -2.48. The summed E-state index contributed by atoms with van der Waals surface area (Å²) >= 11 is 0. The fourth-order valence-corrected chi connectivity index (χ4v) is 2.53. The maximum Gasteiger partial charge on any atom is 0.0994 e. The maximum absolute atomic E-state index is 5.84. The number of benzene rings is 1. The van der Waals surface area contributed by atoms with Gasteiger partial charge in [0, 0.05) is 27.8 Å². The van der Waals surface area contributed by atoms with E-state index in [0.29, 0.717) is 5.16 Å². The molecule has 0 spiro atoms. The number of ether oxygens (including phenoxy) is 1. The molecule has 0 radical (unpaired) electrons. The first-order chi connectivity index (χ1) is 9.10. The zero-order valence-corrected chi connectivity index (χ0v) is 14.4. The van der Waals surface area contributed by atoms with Crippen LogP contribution in [-0.4, -0.2) is 32.9 Å². The summed E-state index contributed by atoms with van der Waals surface area (Å²) in [6, 6.07) is 10.7. The topological polar surface area (TPSA) is 12.5 Å². The van der Waals surface area contributed by atoms with Crippen LogP contribution in [0.15, 0.2) is 30.3 Å². The second-order valence-electron chi connectivity index (χ2n) is 5.74. The standard InChI is InChI=1S/C16H29NOSi/c1-5-6-12-18-14-17(16(2,3)19-4)13-15-10-8-7-9-11-15/h7-11H,5-6,12-14,19H2,1-4H3. The summed E-state index contributed by atoms with van der Waals surface area (Å²) in [5.74, 6) is 0. The average Bonchev–Trinajstić information content (AvgIpc) is 2.43. The lowest BCUT2D eigenvalue weighted by Gasteiger charge is -2.37. The van der Waals surface area contributed by atoms with Crippen LogP contribution >= 0.6 is 0 Å². The van der Waals surface area contributed by atoms with Crippen molar-refractivity contribution < 1.29 is 4.74 Å². The van der Waals surface area contributed by atoms with Gasteiger partial charge in [-0.2, -0.15) is 0 Å². The molecule has 0 amide bonds. The summed E-state index contributed by atoms with van der Waals surface area (Å²) < 4.78 is 5.84. The minimum atomic E-state index is -0.115. The van der Waals surface area contributed by atoms with Gasteiger partial charge in [0.25, 0.3) is 0 Å². The normalized spacial score (nSPS) is 12.7. The highest BCUT2D eigenvalue weighted by Gasteiger charge is 2.24. The summed E-state index contributed by atoms with van der Waals surface area (Å²) in [7, 11) is -0.115. The van der Waals surface area contributed by atoms with Gasteiger partial charge in [-0.05, 0) is 12.0 Å². The van der Waals surface area contributed by atoms with Crippen LogP contribution in [-0.2, 0) is 11.3 Å². The van der Waals surface area contributed by atoms with Crippen molar-refractivity contribution in [2.24, 2.45) is 0 Å². The van der Waals surface area contributed by atoms with Gasteiger partial charge in [-0.25, -0.2) is 0 Å². The number of rotatable bonds is 9. The zero-order chi connectivity index (χ0) is 14.1. The van der Waals surface area contributed by atoms with Gasteiger partial charge >= 0.3 is 0 Å². The van der Waals surface area contributed by atoms with Crippen LogP contribution in [0.4, 0.5) is 0 Å². The lowest BCUT2D eigenvalue weighted by molar-refractivity contribution is -0.00615. The van der Waals surface area contributed by atoms with Gasteiger partial charge < -0.3 is 4.74 Å². The molecule has 108 valence electrons. The Morgan fingerprint density at radius 3 is 2.47 bits per heavy atom. The lowest BCUT2D eigenvalue weighted by atomic mass is 10.2. The van der Waals surface area contributed by atoms with Gasteiger partial charge in [-0.1, -0.05) is 64.1 Å². The Kier molecular flexibility index (Phi) is 7.35. The van der Waals surface area contributed by atoms with Crippen molar-refractivity contribution in [3.63, 3.8) is 0 Å². The second kappa shape index (κ2) is 8.51. The molecule has 0 aromatic heterocycles. The zero-order valence-electron chi connectivity index (χ0n) is 13.0. The minimum Gasteiger partial charge on any atom is -0.366 e. The molecule has 0 N–H and O–H groups in total. The fraction of sp³-hybridized carbons (Fsp3) is 0.625. The molecule has 0 fully saturated rings. The van der Waals surface area contributed by atoms with Gasteiger partial charge in [0.1, 0.15) is 0 Å². The molecule has 0 heterocycles. The highest BCUT2D eigenvalue weighted by Crippen LogP contribution is 2.17. The van der Waals surface area contributed by atoms with Crippen molar-refractivity contribution in [1.82, 2.24) is 4.90 Å². The molecule has 0 aliphatic heterocycles. The maximum atomic E-state index is 5.84. The minimum absolute atomic E-state index is 0.115. The smallest absolute Gasteiger partial charge is 0.0994 e. The molecule has 0 saturated carbocycles. The van der Waals surface area contributed by atoms with Crippen molar-refractivity contribution in [3.05, 3.63) is 35.9 Å². The highest BCUT2D eigenvalue weighted by molar-refractivity contribution is 6.37. The molecule has 0 aliphatic rings. The van der Waals surface area contributed by atoms with Gasteiger partial charge in [0.05, 0.1) is 6.73 Å². The van der Waals surface area contributed by atoms with E-state index in [0.717, 1.165) is 26.3 Å². The third-order valence-corrected chi connectivity index (χ3v) is 6.00. The van der Waals surface area contributed by atoms with Crippen LogP contribution in [0.5, 0.6) is 0 Å². The second-order valence-corrected chi connectivity index (χ2v) is 8.18. The van der Waals surface area contributed by atoms with E-state index in [2.05, 4.69) is 62.5 Å². The monoisotopic (exact) mass is 279 g/mol. The average molecular weight is 280 g/mol. The largest absolute Gasteiger partial charge is 0.366 e. The van der Waals surface area contributed by atoms with Crippen molar-refractivity contribution in [1.29, 1.82) is 0 Å². The van der Waals surface area contributed by atoms with Crippen molar-refractivity contribution >= 4 is 9.52 Å². The third-order valence-electron chi connectivity index (χ3n) is 3.83. The molecule has 3 heteroatoms. The molecular formula is C16H29NOSi. The number of hydrogen-bond acceptors (Lipinski definition) is 2. The Hall–Kier alpha value is -0.643. The Bertz CT molecular complexity index is 340. The van der Waals surface area contributed by atoms with E-state index in [1.165, 1.54) is 12.0 Å². The van der Waals surface area contributed by atoms with Crippen molar-refractivity contribution in [3.8, 4) is 0 Å². The summed E-state index contributed by atoms with van der Waals surface area (Å²) in [6.45, 7) is 11.9. The first-order valence-electron chi connectivity index (χ1n) is 7.47. The van der Waals surface area contributed by atoms with Crippen molar-refractivity contribution in [2.45, 2.75) is 51.9 Å². The molecule has 1 aromatic rings. The van der Waals surface area contributed by atoms with E-state index >= 15 is 0 Å². The fourth-order valence-electron chi connectivity index (χ4n) is 1.88. The summed E-state index contributed by atoms with van der Waals surface area (Å²) in [5.41, 5.74) is 1.37. The van der Waals surface area contributed by atoms with E-state index in [1.54, 1.807) is 0 Å². The number of nitrogens with zero attached hydrogens (tertiary/aromatic N) is 1. The predicted octanol–water partition coefficient (Wildman–Crippen LogP) is 3.22. The number of hydrogen-bond donors (Lipinski definition) is 0. The molecule has 1 aromatic carbocycles. The third kappa shape index (κ3) is 5.89. The predicted molar refractivity (Wildman–Crippen MR) is 86.2 cm³/mol. The molecule has 0 aliphatic carbocycles. The molecule has 1 rings (SSSR count). The van der Waals surface area contributed by atoms with Crippen LogP contribution in [0.1, 0.15) is 39.2 Å². The molecule has 2 nitrogen and oxygen atoms in total. The van der Waals surface area contributed by atoms with Gasteiger partial charge in [0.2, 0.25) is 0 Å². The van der Waals surface area contributed by atoms with E-state index in [9.17, 15) is 0 Å². The molecule has 0 atom stereocenters. The van der Waals surface area contributed by atoms with Gasteiger partial charge in [0.15, 0.2) is 0 Å². The highest BCUT2D eigenvalue weighted by atomic mass is 28.2. The summed E-state index contributed by atoms with van der Waals surface area (Å²) in [4.78, 5) is 2.49. The molecule has 0 saturated heterocycles. The van der Waals surface area contributed by atoms with Crippen molar-refractivity contribution in [2.75, 3.05) is 13.3 Å². The Morgan fingerprint density at radius 2 is 1.89 bits per heavy atom. The van der Waals surface area contributed by atoms with Crippen LogP contribution in [0.3, 0.4) is 0 Å². The van der Waals surface area contributed by atoms with Crippen LogP contribution in [0.2, 0.25) is 6.55 Å². The number of unbranched alkanes of at least 4 members (excludes halogenated alkanes) is 1. The molecular weight excluding hydrogens is 250 g/mol. The summed E-state index contributed by atoms with van der Waals surface area (Å²) in [6.07, 6.45) is 2.35. The van der Waals surface area contributed by atoms with Crippen LogP contribution in [0, 0.1) is 0 Å². The Balaban J connectivity index is 2.59. The van der Waals surface area contributed by atoms with Crippen LogP contribution in [0.25, 0.3) is 0 Å². The Morgan fingerprint density at radius 1 is 1.21 bits per heavy atom. The van der Waals surface area contributed by atoms with E-state index < -0.39 is 0 Å². The Labute approximate surface area is 121 Å². The van der Waals surface area contributed by atoms with Crippen LogP contribution < -0.4 is 0 Å². The summed E-state index contributed by atoms with van der Waals surface area (Å²) in [5, 5.41) is 0.308. The van der Waals surface area contributed by atoms with Gasteiger partial charge in [-0.3, -0.25) is 4.90 Å². The molecule has 0 unspecified atom stereocenters.